The van der Waals surface area contributed by atoms with E-state index >= 15 is 0 Å². The molecule has 0 aliphatic carbocycles. The summed E-state index contributed by atoms with van der Waals surface area (Å²) in [5, 5.41) is 60.1. The van der Waals surface area contributed by atoms with E-state index in [0.29, 0.717) is 12.2 Å². The lowest BCUT2D eigenvalue weighted by atomic mass is 9.99. The van der Waals surface area contributed by atoms with Gasteiger partial charge < -0.3 is 54.3 Å². The second-order valence-corrected chi connectivity index (χ2v) is 7.69. The van der Waals surface area contributed by atoms with E-state index in [1.54, 1.807) is 24.3 Å². The summed E-state index contributed by atoms with van der Waals surface area (Å²) in [4.78, 5) is 0. The van der Waals surface area contributed by atoms with Crippen LogP contribution < -0.4 is 9.47 Å². The van der Waals surface area contributed by atoms with Gasteiger partial charge >= 0.3 is 0 Å². The average molecular weight is 458 g/mol. The first-order valence-electron chi connectivity index (χ1n) is 10.2. The Balaban J connectivity index is 1.67. The number of rotatable bonds is 8. The molecular weight excluding hydrogens is 428 g/mol. The molecule has 180 valence electrons. The molecule has 0 saturated carbocycles. The van der Waals surface area contributed by atoms with Gasteiger partial charge in [-0.1, -0.05) is 12.1 Å². The second kappa shape index (κ2) is 10.9. The maximum Gasteiger partial charge on any atom is 0.229 e. The number of hydrogen-bond acceptors (Lipinski definition) is 11. The normalized spacial score (nSPS) is 37.7. The number of allylic oxidation sites excluding steroid dienone is 1. The van der Waals surface area contributed by atoms with Gasteiger partial charge in [-0.15, -0.1) is 6.58 Å². The third kappa shape index (κ3) is 5.39. The number of methoxy groups -OCH3 is 1. The summed E-state index contributed by atoms with van der Waals surface area (Å²) in [5.41, 5.74) is 0.925. The van der Waals surface area contributed by atoms with Gasteiger partial charge in [0.05, 0.1) is 20.3 Å². The minimum atomic E-state index is -1.61. The average Bonchev–Trinajstić information content (AvgIpc) is 2.79. The summed E-state index contributed by atoms with van der Waals surface area (Å²) in [7, 11) is 1.45. The maximum atomic E-state index is 10.3. The topological polar surface area (TPSA) is 168 Å². The van der Waals surface area contributed by atoms with E-state index in [1.165, 1.54) is 7.11 Å². The molecule has 1 aromatic rings. The highest BCUT2D eigenvalue weighted by Crippen LogP contribution is 2.32. The predicted octanol–water partition coefficient (Wildman–Crippen LogP) is -1.93. The fourth-order valence-electron chi connectivity index (χ4n) is 3.50. The molecule has 2 fully saturated rings. The predicted molar refractivity (Wildman–Crippen MR) is 108 cm³/mol. The van der Waals surface area contributed by atoms with E-state index in [2.05, 4.69) is 6.58 Å². The van der Waals surface area contributed by atoms with Crippen LogP contribution in [0.3, 0.4) is 0 Å². The molecule has 9 atom stereocenters. The van der Waals surface area contributed by atoms with Crippen molar-refractivity contribution in [1.82, 2.24) is 0 Å². The summed E-state index contributed by atoms with van der Waals surface area (Å²) < 4.78 is 27.2. The Morgan fingerprint density at radius 3 is 2.38 bits per heavy atom. The second-order valence-electron chi connectivity index (χ2n) is 7.69. The van der Waals surface area contributed by atoms with Gasteiger partial charge in [-0.3, -0.25) is 0 Å². The van der Waals surface area contributed by atoms with Crippen molar-refractivity contribution >= 4 is 0 Å². The largest absolute Gasteiger partial charge is 0.493 e. The number of aliphatic hydroxyl groups excluding tert-OH is 6. The van der Waals surface area contributed by atoms with E-state index in [-0.39, 0.29) is 19.0 Å². The SMILES string of the molecule is C=CCc1ccc(O[C@H]2O[C@H](CO[C@H]3OC[C@H](O)[C@H](O)[C@H]3O)[C@@H](O)[C@H](O)[C@H]2O)c(OC)c1. The van der Waals surface area contributed by atoms with E-state index in [1.807, 2.05) is 0 Å². The molecule has 2 saturated heterocycles. The van der Waals surface area contributed by atoms with Crippen LogP contribution in [0.1, 0.15) is 5.56 Å². The van der Waals surface area contributed by atoms with Gasteiger partial charge in [0.2, 0.25) is 6.29 Å². The molecule has 2 heterocycles. The zero-order valence-corrected chi connectivity index (χ0v) is 17.6. The minimum Gasteiger partial charge on any atom is -0.493 e. The lowest BCUT2D eigenvalue weighted by Crippen LogP contribution is -2.61. The zero-order valence-electron chi connectivity index (χ0n) is 17.6. The van der Waals surface area contributed by atoms with Crippen LogP contribution in [0, 0.1) is 0 Å². The Labute approximate surface area is 185 Å². The first-order chi connectivity index (χ1) is 15.3. The van der Waals surface area contributed by atoms with Gasteiger partial charge in [0.1, 0.15) is 42.7 Å². The summed E-state index contributed by atoms with van der Waals surface area (Å²) >= 11 is 0. The number of hydrogen-bond donors (Lipinski definition) is 6. The highest BCUT2D eigenvalue weighted by molar-refractivity contribution is 5.43. The number of ether oxygens (including phenoxy) is 5. The maximum absolute atomic E-state index is 10.3. The van der Waals surface area contributed by atoms with Crippen LogP contribution in [0.15, 0.2) is 30.9 Å². The Bertz CT molecular complexity index is 759. The Morgan fingerprint density at radius 1 is 0.969 bits per heavy atom. The van der Waals surface area contributed by atoms with Gasteiger partial charge in [0.15, 0.2) is 17.8 Å². The van der Waals surface area contributed by atoms with Crippen LogP contribution >= 0.6 is 0 Å². The molecule has 0 radical (unpaired) electrons. The fourth-order valence-corrected chi connectivity index (χ4v) is 3.50. The third-order valence-electron chi connectivity index (χ3n) is 5.40. The van der Waals surface area contributed by atoms with Crippen molar-refractivity contribution in [2.75, 3.05) is 20.3 Å². The quantitative estimate of drug-likeness (QED) is 0.240. The fraction of sp³-hybridized carbons (Fsp3) is 0.619. The molecule has 0 spiro atoms. The first-order valence-corrected chi connectivity index (χ1v) is 10.2. The molecule has 0 amide bonds. The van der Waals surface area contributed by atoms with Crippen LogP contribution in [0.5, 0.6) is 11.5 Å². The van der Waals surface area contributed by atoms with Crippen molar-refractivity contribution in [3.8, 4) is 11.5 Å². The van der Waals surface area contributed by atoms with Crippen molar-refractivity contribution in [2.24, 2.45) is 0 Å². The summed E-state index contributed by atoms with van der Waals surface area (Å²) in [6.07, 6.45) is -10.4. The van der Waals surface area contributed by atoms with Crippen LogP contribution in [0.4, 0.5) is 0 Å². The molecule has 0 bridgehead atoms. The van der Waals surface area contributed by atoms with Crippen molar-refractivity contribution in [3.05, 3.63) is 36.4 Å². The van der Waals surface area contributed by atoms with E-state index in [0.717, 1.165) is 5.56 Å². The van der Waals surface area contributed by atoms with Gasteiger partial charge in [0.25, 0.3) is 0 Å². The van der Waals surface area contributed by atoms with E-state index in [9.17, 15) is 30.6 Å². The molecule has 2 aliphatic heterocycles. The van der Waals surface area contributed by atoms with Crippen molar-refractivity contribution in [2.45, 2.75) is 61.7 Å². The van der Waals surface area contributed by atoms with Crippen LogP contribution in [-0.2, 0) is 20.6 Å². The van der Waals surface area contributed by atoms with Gasteiger partial charge in [-0.2, -0.15) is 0 Å². The third-order valence-corrected chi connectivity index (χ3v) is 5.40. The van der Waals surface area contributed by atoms with E-state index < -0.39 is 55.3 Å². The van der Waals surface area contributed by atoms with Gasteiger partial charge in [-0.25, -0.2) is 0 Å². The molecular formula is C21H30O11. The Hall–Kier alpha value is -1.80. The van der Waals surface area contributed by atoms with Crippen molar-refractivity contribution in [1.29, 1.82) is 0 Å². The Kier molecular flexibility index (Phi) is 8.44. The standard InChI is InChI=1S/C21H30O11/c1-3-4-10-5-6-12(13(7-10)28-2)31-21-19(27)17(25)16(24)14(32-21)9-30-20-18(26)15(23)11(22)8-29-20/h3,5-7,11,14-27H,1,4,8-9H2,2H3/t11-,14+,15-,16+,17-,18+,19+,20+,21-/m0/s1. The molecule has 32 heavy (non-hydrogen) atoms. The van der Waals surface area contributed by atoms with Crippen LogP contribution in [0.2, 0.25) is 0 Å². The Morgan fingerprint density at radius 2 is 1.69 bits per heavy atom. The molecule has 3 rings (SSSR count). The minimum absolute atomic E-state index is 0.246. The van der Waals surface area contributed by atoms with Crippen LogP contribution in [-0.4, -0.2) is 106 Å². The first kappa shape index (κ1) is 24.8. The van der Waals surface area contributed by atoms with E-state index in [4.69, 9.17) is 23.7 Å². The van der Waals surface area contributed by atoms with Crippen molar-refractivity contribution < 1.29 is 54.3 Å². The molecule has 11 heteroatoms. The number of benzene rings is 1. The van der Waals surface area contributed by atoms with Crippen LogP contribution in [0.25, 0.3) is 0 Å². The molecule has 0 aromatic heterocycles. The highest BCUT2D eigenvalue weighted by atomic mass is 16.7. The lowest BCUT2D eigenvalue weighted by molar-refractivity contribution is -0.307. The molecule has 2 aliphatic rings. The summed E-state index contributed by atoms with van der Waals surface area (Å²) in [6, 6.07) is 5.14. The molecule has 1 aromatic carbocycles. The molecule has 6 N–H and O–H groups in total. The molecule has 0 unspecified atom stereocenters. The summed E-state index contributed by atoms with van der Waals surface area (Å²) in [5.74, 6) is 0.621. The highest BCUT2D eigenvalue weighted by Gasteiger charge is 2.46. The number of aliphatic hydroxyl groups is 6. The molecule has 11 nitrogen and oxygen atoms in total. The monoisotopic (exact) mass is 458 g/mol. The smallest absolute Gasteiger partial charge is 0.229 e. The van der Waals surface area contributed by atoms with Crippen molar-refractivity contribution in [3.63, 3.8) is 0 Å². The summed E-state index contributed by atoms with van der Waals surface area (Å²) in [6.45, 7) is 3.06. The van der Waals surface area contributed by atoms with Gasteiger partial charge in [-0.05, 0) is 24.1 Å². The lowest BCUT2D eigenvalue weighted by Gasteiger charge is -2.41. The van der Waals surface area contributed by atoms with Gasteiger partial charge in [0, 0.05) is 0 Å². The zero-order chi connectivity index (χ0) is 23.4.